The Balaban J connectivity index is 2.15. The number of carbonyl (C=O) groups is 1. The molecule has 0 bridgehead atoms. The van der Waals surface area contributed by atoms with E-state index in [9.17, 15) is 9.90 Å². The lowest BCUT2D eigenvalue weighted by atomic mass is 9.97. The van der Waals surface area contributed by atoms with E-state index in [0.29, 0.717) is 17.1 Å². The van der Waals surface area contributed by atoms with Crippen LogP contribution in [0.3, 0.4) is 0 Å². The number of urea groups is 1. The molecule has 0 aromatic heterocycles. The van der Waals surface area contributed by atoms with E-state index in [-0.39, 0.29) is 0 Å². The highest BCUT2D eigenvalue weighted by Crippen LogP contribution is 2.37. The molecule has 1 atom stereocenters. The Hall–Kier alpha value is -1.30. The summed E-state index contributed by atoms with van der Waals surface area (Å²) in [6, 6.07) is 6.47. The molecule has 2 amide bonds. The maximum absolute atomic E-state index is 12.2. The molecule has 0 aliphatic carbocycles. The summed E-state index contributed by atoms with van der Waals surface area (Å²) in [4.78, 5) is 17.5. The molecule has 19 heavy (non-hydrogen) atoms. The number of para-hydroxylation sites is 1. The van der Waals surface area contributed by atoms with Gasteiger partial charge in [-0.3, -0.25) is 0 Å². The predicted octanol–water partition coefficient (Wildman–Crippen LogP) is 3.00. The molecular weight excluding hydrogens is 268 g/mol. The smallest absolute Gasteiger partial charge is 0.346 e. The van der Waals surface area contributed by atoms with Gasteiger partial charge in [-0.2, -0.15) is 5.06 Å². The van der Waals surface area contributed by atoms with Crippen molar-refractivity contribution in [3.05, 3.63) is 29.3 Å². The minimum atomic E-state index is -1.35. The monoisotopic (exact) mass is 284 g/mol. The Morgan fingerprint density at radius 1 is 1.42 bits per heavy atom. The van der Waals surface area contributed by atoms with E-state index in [1.54, 1.807) is 24.3 Å². The molecule has 1 aliphatic heterocycles. The second-order valence-corrected chi connectivity index (χ2v) is 5.87. The van der Waals surface area contributed by atoms with Crippen LogP contribution < -0.4 is 5.32 Å². The first-order valence-corrected chi connectivity index (χ1v) is 6.36. The zero-order chi connectivity index (χ0) is 14.3. The van der Waals surface area contributed by atoms with Crippen molar-refractivity contribution in [2.24, 2.45) is 0 Å². The summed E-state index contributed by atoms with van der Waals surface area (Å²) >= 11 is 5.98. The Morgan fingerprint density at radius 2 is 2.05 bits per heavy atom. The molecule has 1 aromatic rings. The lowest BCUT2D eigenvalue weighted by molar-refractivity contribution is -0.256. The summed E-state index contributed by atoms with van der Waals surface area (Å²) in [5.74, 6) is -1.35. The Kier molecular flexibility index (Phi) is 3.47. The maximum Gasteiger partial charge on any atom is 0.346 e. The average molecular weight is 285 g/mol. The summed E-state index contributed by atoms with van der Waals surface area (Å²) in [6.45, 7) is 5.17. The van der Waals surface area contributed by atoms with Crippen LogP contribution in [0.15, 0.2) is 24.3 Å². The maximum atomic E-state index is 12.2. The topological polar surface area (TPSA) is 61.8 Å². The normalized spacial score (nSPS) is 25.4. The SMILES string of the molecule is CC1(O)CC(C)(C)N(C(=O)Nc2ccccc2Cl)O1. The van der Waals surface area contributed by atoms with Crippen molar-refractivity contribution < 1.29 is 14.7 Å². The summed E-state index contributed by atoms with van der Waals surface area (Å²) in [6.07, 6.45) is 0.329. The number of rotatable bonds is 1. The van der Waals surface area contributed by atoms with Gasteiger partial charge in [-0.25, -0.2) is 9.63 Å². The molecule has 1 unspecified atom stereocenters. The van der Waals surface area contributed by atoms with Gasteiger partial charge >= 0.3 is 6.03 Å². The van der Waals surface area contributed by atoms with Gasteiger partial charge in [-0.05, 0) is 32.9 Å². The molecular formula is C13H17ClN2O3. The first-order chi connectivity index (χ1) is 8.71. The largest absolute Gasteiger partial charge is 0.364 e. The number of carbonyl (C=O) groups excluding carboxylic acids is 1. The number of hydrogen-bond donors (Lipinski definition) is 2. The number of halogens is 1. The third-order valence-corrected chi connectivity index (χ3v) is 3.23. The van der Waals surface area contributed by atoms with Crippen molar-refractivity contribution in [1.29, 1.82) is 0 Å². The fourth-order valence-corrected chi connectivity index (χ4v) is 2.45. The van der Waals surface area contributed by atoms with Crippen molar-refractivity contribution in [1.82, 2.24) is 5.06 Å². The minimum absolute atomic E-state index is 0.329. The molecule has 1 aromatic carbocycles. The van der Waals surface area contributed by atoms with E-state index in [2.05, 4.69) is 5.32 Å². The molecule has 5 nitrogen and oxygen atoms in total. The van der Waals surface area contributed by atoms with Gasteiger partial charge < -0.3 is 10.4 Å². The molecule has 104 valence electrons. The number of aliphatic hydroxyl groups is 1. The van der Waals surface area contributed by atoms with E-state index >= 15 is 0 Å². The Labute approximate surface area is 117 Å². The average Bonchev–Trinajstić information content (AvgIpc) is 2.50. The lowest BCUT2D eigenvalue weighted by Crippen LogP contribution is -2.44. The fraction of sp³-hybridized carbons (Fsp3) is 0.462. The number of amides is 2. The predicted molar refractivity (Wildman–Crippen MR) is 72.7 cm³/mol. The van der Waals surface area contributed by atoms with Gasteiger partial charge in [0, 0.05) is 6.42 Å². The summed E-state index contributed by atoms with van der Waals surface area (Å²) < 4.78 is 0. The summed E-state index contributed by atoms with van der Waals surface area (Å²) in [5, 5.41) is 14.2. The molecule has 0 spiro atoms. The van der Waals surface area contributed by atoms with Crippen LogP contribution in [0.2, 0.25) is 5.02 Å². The Morgan fingerprint density at radius 3 is 2.58 bits per heavy atom. The van der Waals surface area contributed by atoms with E-state index in [1.807, 2.05) is 13.8 Å². The van der Waals surface area contributed by atoms with Crippen LogP contribution >= 0.6 is 11.6 Å². The second-order valence-electron chi connectivity index (χ2n) is 5.46. The third kappa shape index (κ3) is 3.00. The molecule has 6 heteroatoms. The number of nitrogens with zero attached hydrogens (tertiary/aromatic N) is 1. The zero-order valence-corrected chi connectivity index (χ0v) is 11.9. The van der Waals surface area contributed by atoms with Crippen molar-refractivity contribution in [3.8, 4) is 0 Å². The number of benzene rings is 1. The van der Waals surface area contributed by atoms with Crippen molar-refractivity contribution in [3.63, 3.8) is 0 Å². The van der Waals surface area contributed by atoms with Gasteiger partial charge in [0.2, 0.25) is 0 Å². The molecule has 2 N–H and O–H groups in total. The van der Waals surface area contributed by atoms with Crippen LogP contribution in [-0.2, 0) is 4.84 Å². The molecule has 1 heterocycles. The van der Waals surface area contributed by atoms with Crippen LogP contribution in [0.5, 0.6) is 0 Å². The van der Waals surface area contributed by atoms with E-state index in [4.69, 9.17) is 16.4 Å². The fourth-order valence-electron chi connectivity index (χ4n) is 2.27. The molecule has 1 fully saturated rings. The molecule has 0 radical (unpaired) electrons. The minimum Gasteiger partial charge on any atom is -0.364 e. The van der Waals surface area contributed by atoms with E-state index in [0.717, 1.165) is 5.06 Å². The summed E-state index contributed by atoms with van der Waals surface area (Å²) in [7, 11) is 0. The number of hydrogen-bond acceptors (Lipinski definition) is 3. The second kappa shape index (κ2) is 4.67. The van der Waals surface area contributed by atoms with Crippen LogP contribution in [0, 0.1) is 0 Å². The zero-order valence-electron chi connectivity index (χ0n) is 11.1. The van der Waals surface area contributed by atoms with Crippen molar-refractivity contribution >= 4 is 23.3 Å². The van der Waals surface area contributed by atoms with Crippen LogP contribution in [0.25, 0.3) is 0 Å². The standard InChI is InChI=1S/C13H17ClN2O3/c1-12(2)8-13(3,18)19-16(12)11(17)15-10-7-5-4-6-9(10)14/h4-7,18H,8H2,1-3H3,(H,15,17). The lowest BCUT2D eigenvalue weighted by Gasteiger charge is -2.28. The first kappa shape index (κ1) is 14.1. The molecule has 1 aliphatic rings. The first-order valence-electron chi connectivity index (χ1n) is 5.99. The van der Waals surface area contributed by atoms with Crippen molar-refractivity contribution in [2.45, 2.75) is 38.5 Å². The van der Waals surface area contributed by atoms with Crippen molar-refractivity contribution in [2.75, 3.05) is 5.32 Å². The third-order valence-electron chi connectivity index (χ3n) is 2.90. The van der Waals surface area contributed by atoms with Gasteiger partial charge in [0.05, 0.1) is 16.2 Å². The molecule has 0 saturated carbocycles. The van der Waals surface area contributed by atoms with Gasteiger partial charge in [0.15, 0.2) is 5.79 Å². The summed E-state index contributed by atoms with van der Waals surface area (Å²) in [5.41, 5.74) is -0.102. The van der Waals surface area contributed by atoms with Gasteiger partial charge in [0.1, 0.15) is 0 Å². The highest BCUT2D eigenvalue weighted by molar-refractivity contribution is 6.33. The molecule has 2 rings (SSSR count). The number of nitrogens with one attached hydrogen (secondary N) is 1. The number of hydroxylamine groups is 2. The Bertz CT molecular complexity index is 502. The van der Waals surface area contributed by atoms with Gasteiger partial charge in [-0.15, -0.1) is 0 Å². The van der Waals surface area contributed by atoms with E-state index < -0.39 is 17.4 Å². The highest BCUT2D eigenvalue weighted by Gasteiger charge is 2.49. The van der Waals surface area contributed by atoms with Gasteiger partial charge in [-0.1, -0.05) is 23.7 Å². The van der Waals surface area contributed by atoms with Crippen LogP contribution in [-0.4, -0.2) is 27.5 Å². The van der Waals surface area contributed by atoms with E-state index in [1.165, 1.54) is 6.92 Å². The van der Waals surface area contributed by atoms with Gasteiger partial charge in [0.25, 0.3) is 0 Å². The van der Waals surface area contributed by atoms with Crippen LogP contribution in [0.1, 0.15) is 27.2 Å². The molecule has 1 saturated heterocycles. The van der Waals surface area contributed by atoms with Crippen LogP contribution in [0.4, 0.5) is 10.5 Å². The number of anilines is 1. The quantitative estimate of drug-likeness (QED) is 0.833. The highest BCUT2D eigenvalue weighted by atomic mass is 35.5.